The summed E-state index contributed by atoms with van der Waals surface area (Å²) in [7, 11) is 0. The second kappa shape index (κ2) is 6.36. The van der Waals surface area contributed by atoms with Crippen molar-refractivity contribution in [3.05, 3.63) is 68.8 Å². The van der Waals surface area contributed by atoms with Gasteiger partial charge in [0.2, 0.25) is 0 Å². The molecule has 1 aliphatic heterocycles. The molecule has 4 rings (SSSR count). The van der Waals surface area contributed by atoms with E-state index in [9.17, 15) is 9.59 Å². The normalized spacial score (nSPS) is 14.2. The Morgan fingerprint density at radius 1 is 1.16 bits per heavy atom. The molecule has 0 spiro atoms. The minimum absolute atomic E-state index is 0.356. The van der Waals surface area contributed by atoms with Crippen LogP contribution >= 0.6 is 0 Å². The molecule has 0 bridgehead atoms. The van der Waals surface area contributed by atoms with Gasteiger partial charge in [0.05, 0.1) is 11.3 Å². The molecule has 0 radical (unpaired) electrons. The minimum Gasteiger partial charge on any atom is -0.314 e. The Morgan fingerprint density at radius 3 is 2.80 bits per heavy atom. The molecule has 126 valence electrons. The summed E-state index contributed by atoms with van der Waals surface area (Å²) in [6, 6.07) is 0. The average Bonchev–Trinajstić information content (AvgIpc) is 2.64. The van der Waals surface area contributed by atoms with Gasteiger partial charge in [-0.25, -0.2) is 24.7 Å². The molecule has 3 aromatic heterocycles. The van der Waals surface area contributed by atoms with Crippen molar-refractivity contribution in [1.82, 2.24) is 34.8 Å². The van der Waals surface area contributed by atoms with Gasteiger partial charge in [0.1, 0.15) is 6.33 Å². The van der Waals surface area contributed by atoms with Crippen LogP contribution in [0.5, 0.6) is 0 Å². The van der Waals surface area contributed by atoms with Crippen LogP contribution in [0.15, 0.2) is 40.7 Å². The number of H-pyrrole nitrogens is 2. The quantitative estimate of drug-likeness (QED) is 0.683. The van der Waals surface area contributed by atoms with Crippen LogP contribution in [0, 0.1) is 0 Å². The van der Waals surface area contributed by atoms with E-state index in [4.69, 9.17) is 0 Å². The van der Waals surface area contributed by atoms with E-state index in [0.717, 1.165) is 29.8 Å². The van der Waals surface area contributed by atoms with E-state index >= 15 is 0 Å². The zero-order valence-corrected chi connectivity index (χ0v) is 13.3. The maximum absolute atomic E-state index is 11.8. The Labute approximate surface area is 141 Å². The van der Waals surface area contributed by atoms with Crippen LogP contribution in [0.25, 0.3) is 11.4 Å². The van der Waals surface area contributed by atoms with Gasteiger partial charge in [-0.2, -0.15) is 0 Å². The predicted octanol–water partition coefficient (Wildman–Crippen LogP) is -0.132. The van der Waals surface area contributed by atoms with Crippen molar-refractivity contribution in [2.24, 2.45) is 0 Å². The van der Waals surface area contributed by atoms with E-state index in [1.54, 1.807) is 12.4 Å². The van der Waals surface area contributed by atoms with Crippen LogP contribution in [0.1, 0.15) is 16.8 Å². The summed E-state index contributed by atoms with van der Waals surface area (Å²) >= 11 is 0. The highest BCUT2D eigenvalue weighted by molar-refractivity contribution is 5.52. The first kappa shape index (κ1) is 15.3. The topological polar surface area (TPSA) is 121 Å². The number of aromatic nitrogens is 6. The molecule has 0 aromatic carbocycles. The number of rotatable bonds is 3. The van der Waals surface area contributed by atoms with E-state index in [1.807, 2.05) is 6.20 Å². The lowest BCUT2D eigenvalue weighted by atomic mass is 10.1. The van der Waals surface area contributed by atoms with Gasteiger partial charge in [-0.3, -0.25) is 14.7 Å². The Kier molecular flexibility index (Phi) is 3.90. The highest BCUT2D eigenvalue weighted by atomic mass is 16.2. The molecular formula is C16H15N7O2. The van der Waals surface area contributed by atoms with Crippen molar-refractivity contribution in [3.63, 3.8) is 0 Å². The summed E-state index contributed by atoms with van der Waals surface area (Å²) in [6.45, 7) is 1.88. The summed E-state index contributed by atoms with van der Waals surface area (Å²) in [5, 5.41) is 0. The average molecular weight is 337 g/mol. The Morgan fingerprint density at radius 2 is 2.00 bits per heavy atom. The van der Waals surface area contributed by atoms with E-state index < -0.39 is 5.69 Å². The highest BCUT2D eigenvalue weighted by Gasteiger charge is 2.20. The van der Waals surface area contributed by atoms with E-state index in [0.29, 0.717) is 24.5 Å². The molecule has 25 heavy (non-hydrogen) atoms. The highest BCUT2D eigenvalue weighted by Crippen LogP contribution is 2.20. The van der Waals surface area contributed by atoms with E-state index in [1.165, 1.54) is 12.5 Å². The Hall–Kier alpha value is -3.20. The maximum atomic E-state index is 11.8. The van der Waals surface area contributed by atoms with Crippen LogP contribution in [-0.4, -0.2) is 41.3 Å². The number of aromatic amines is 2. The third-order valence-corrected chi connectivity index (χ3v) is 4.12. The molecule has 9 heteroatoms. The van der Waals surface area contributed by atoms with Crippen molar-refractivity contribution in [3.8, 4) is 11.4 Å². The first-order valence-electron chi connectivity index (χ1n) is 7.82. The molecular weight excluding hydrogens is 322 g/mol. The molecule has 9 nitrogen and oxygen atoms in total. The lowest BCUT2D eigenvalue weighted by Crippen LogP contribution is -2.34. The fourth-order valence-electron chi connectivity index (χ4n) is 2.86. The molecule has 0 fully saturated rings. The van der Waals surface area contributed by atoms with Gasteiger partial charge < -0.3 is 4.98 Å². The van der Waals surface area contributed by atoms with Gasteiger partial charge in [0, 0.05) is 62.0 Å². The number of nitrogens with one attached hydrogen (secondary N) is 2. The molecule has 0 saturated heterocycles. The molecule has 0 unspecified atom stereocenters. The van der Waals surface area contributed by atoms with Crippen LogP contribution in [0.3, 0.4) is 0 Å². The molecule has 1 aliphatic rings. The van der Waals surface area contributed by atoms with Crippen molar-refractivity contribution in [2.75, 3.05) is 6.54 Å². The van der Waals surface area contributed by atoms with Crippen LogP contribution in [0.4, 0.5) is 0 Å². The van der Waals surface area contributed by atoms with E-state index in [2.05, 4.69) is 34.8 Å². The minimum atomic E-state index is -0.497. The second-order valence-corrected chi connectivity index (χ2v) is 5.85. The fraction of sp³-hybridized carbons (Fsp3) is 0.250. The number of fused-ring (bicyclic) bond motifs is 1. The summed E-state index contributed by atoms with van der Waals surface area (Å²) in [6.07, 6.45) is 8.89. The molecule has 0 atom stereocenters. The summed E-state index contributed by atoms with van der Waals surface area (Å²) in [5.74, 6) is 0.616. The standard InChI is InChI=1S/C16H15N7O2/c24-15-12(6-20-16(25)22-15)8-23-2-1-13-11(7-23)5-19-14(21-13)10-3-17-9-18-4-10/h3-6,9H,1-2,7-8H2,(H2,20,22,24,25). The van der Waals surface area contributed by atoms with Crippen molar-refractivity contribution < 1.29 is 0 Å². The van der Waals surface area contributed by atoms with Gasteiger partial charge in [0.25, 0.3) is 5.56 Å². The number of nitrogens with zero attached hydrogens (tertiary/aromatic N) is 5. The predicted molar refractivity (Wildman–Crippen MR) is 88.6 cm³/mol. The largest absolute Gasteiger partial charge is 0.325 e. The van der Waals surface area contributed by atoms with E-state index in [-0.39, 0.29) is 5.56 Å². The molecule has 2 N–H and O–H groups in total. The van der Waals surface area contributed by atoms with Crippen molar-refractivity contribution in [2.45, 2.75) is 19.5 Å². The van der Waals surface area contributed by atoms with Gasteiger partial charge in [0.15, 0.2) is 5.82 Å². The van der Waals surface area contributed by atoms with Crippen molar-refractivity contribution >= 4 is 0 Å². The first-order valence-corrected chi connectivity index (χ1v) is 7.82. The molecule has 0 aliphatic carbocycles. The zero-order chi connectivity index (χ0) is 17.2. The SMILES string of the molecule is O=c1[nH]cc(CN2CCc3nc(-c4cncnc4)ncc3C2)c(=O)[nH]1. The maximum Gasteiger partial charge on any atom is 0.325 e. The molecule has 4 heterocycles. The van der Waals surface area contributed by atoms with Gasteiger partial charge in [-0.05, 0) is 0 Å². The third kappa shape index (κ3) is 3.22. The molecule has 0 amide bonds. The monoisotopic (exact) mass is 337 g/mol. The Balaban J connectivity index is 1.54. The van der Waals surface area contributed by atoms with Crippen LogP contribution in [-0.2, 0) is 19.5 Å². The van der Waals surface area contributed by atoms with Crippen LogP contribution < -0.4 is 11.2 Å². The lowest BCUT2D eigenvalue weighted by Gasteiger charge is -2.27. The summed E-state index contributed by atoms with van der Waals surface area (Å²) < 4.78 is 0. The van der Waals surface area contributed by atoms with Gasteiger partial charge in [-0.1, -0.05) is 0 Å². The second-order valence-electron chi connectivity index (χ2n) is 5.85. The smallest absolute Gasteiger partial charge is 0.314 e. The molecule has 3 aromatic rings. The van der Waals surface area contributed by atoms with Gasteiger partial charge >= 0.3 is 5.69 Å². The van der Waals surface area contributed by atoms with Gasteiger partial charge in [-0.15, -0.1) is 0 Å². The first-order chi connectivity index (χ1) is 12.2. The summed E-state index contributed by atoms with van der Waals surface area (Å²) in [4.78, 5) is 46.8. The number of hydrogen-bond donors (Lipinski definition) is 2. The lowest BCUT2D eigenvalue weighted by molar-refractivity contribution is 0.241. The molecule has 0 saturated carbocycles. The Bertz CT molecular complexity index is 1010. The van der Waals surface area contributed by atoms with Crippen LogP contribution in [0.2, 0.25) is 0 Å². The third-order valence-electron chi connectivity index (χ3n) is 4.12. The number of hydrogen-bond acceptors (Lipinski definition) is 7. The summed E-state index contributed by atoms with van der Waals surface area (Å²) in [5.41, 5.74) is 2.50. The van der Waals surface area contributed by atoms with Crippen molar-refractivity contribution in [1.29, 1.82) is 0 Å². The zero-order valence-electron chi connectivity index (χ0n) is 13.3. The fourth-order valence-corrected chi connectivity index (χ4v) is 2.86.